The maximum absolute atomic E-state index is 6.09. The van der Waals surface area contributed by atoms with Crippen molar-refractivity contribution >= 4 is 64.1 Å². The van der Waals surface area contributed by atoms with Crippen molar-refractivity contribution in [2.24, 2.45) is 0 Å². The molecule has 1 saturated heterocycles. The molecule has 2 aromatic heterocycles. The van der Waals surface area contributed by atoms with Crippen LogP contribution in [0.5, 0.6) is 0 Å². The van der Waals surface area contributed by atoms with Crippen LogP contribution in [0.3, 0.4) is 0 Å². The van der Waals surface area contributed by atoms with Crippen molar-refractivity contribution in [1.29, 1.82) is 0 Å². The van der Waals surface area contributed by atoms with Gasteiger partial charge >= 0.3 is 0 Å². The van der Waals surface area contributed by atoms with Crippen molar-refractivity contribution in [3.8, 4) is 0 Å². The maximum Gasteiger partial charge on any atom is 0.224 e. The molecule has 0 amide bonds. The van der Waals surface area contributed by atoms with Gasteiger partial charge in [-0.3, -0.25) is 0 Å². The molecule has 0 aliphatic carbocycles. The Kier molecular flexibility index (Phi) is 7.86. The summed E-state index contributed by atoms with van der Waals surface area (Å²) in [7, 11) is 0. The number of ether oxygens (including phenoxy) is 1. The third-order valence-corrected chi connectivity index (χ3v) is 8.14. The number of aryl methyl sites for hydroxylation is 2. The van der Waals surface area contributed by atoms with Crippen LogP contribution in [0.2, 0.25) is 15.7 Å². The molecule has 0 aromatic carbocycles. The quantitative estimate of drug-likeness (QED) is 0.415. The fourth-order valence-electron chi connectivity index (χ4n) is 3.79. The van der Waals surface area contributed by atoms with Crippen LogP contribution in [-0.2, 0) is 17.6 Å². The van der Waals surface area contributed by atoms with Gasteiger partial charge in [0.1, 0.15) is 11.0 Å². The molecule has 0 N–H and O–H groups in total. The fraction of sp³-hybridized carbons (Fsp3) is 0.579. The van der Waals surface area contributed by atoms with Crippen molar-refractivity contribution in [2.75, 3.05) is 36.2 Å². The minimum atomic E-state index is 0.247. The fourth-order valence-corrected chi connectivity index (χ4v) is 6.64. The van der Waals surface area contributed by atoms with Gasteiger partial charge in [-0.1, -0.05) is 11.6 Å². The number of halogens is 3. The Morgan fingerprint density at radius 1 is 0.900 bits per heavy atom. The summed E-state index contributed by atoms with van der Waals surface area (Å²) in [5.74, 6) is 3.15. The standard InChI is InChI=1S/C13H18ClN3OS.C6H4Cl2N2S/c1-2-17(9-3-6-18-7-4-9)12-11-10(5-8-19-11)15-13(14)16-12;7-5-4-3(1-2-11-4)9-6(8)10-5/h9H,2-8H2,1H3;1-2H2. The van der Waals surface area contributed by atoms with E-state index >= 15 is 0 Å². The molecular weight excluding hydrogens is 485 g/mol. The first-order valence-corrected chi connectivity index (χ1v) is 13.1. The Labute approximate surface area is 199 Å². The number of hydrogen-bond acceptors (Lipinski definition) is 8. The highest BCUT2D eigenvalue weighted by Crippen LogP contribution is 2.39. The van der Waals surface area contributed by atoms with Crippen molar-refractivity contribution in [3.63, 3.8) is 0 Å². The Morgan fingerprint density at radius 3 is 2.17 bits per heavy atom. The van der Waals surface area contributed by atoms with Crippen LogP contribution in [0, 0.1) is 0 Å². The largest absolute Gasteiger partial charge is 0.381 e. The van der Waals surface area contributed by atoms with E-state index in [9.17, 15) is 0 Å². The Bertz CT molecular complexity index is 914. The normalized spacial score (nSPS) is 17.9. The SMILES string of the molecule is CCN(c1nc(Cl)nc2c1SCC2)C1CCOCC1.Clc1nc(Cl)c2c(n1)CCS2. The molecule has 0 radical (unpaired) electrons. The first kappa shape index (κ1) is 22.7. The molecule has 162 valence electrons. The summed E-state index contributed by atoms with van der Waals surface area (Å²) in [6.07, 6.45) is 4.08. The third kappa shape index (κ3) is 5.10. The Morgan fingerprint density at radius 2 is 1.50 bits per heavy atom. The van der Waals surface area contributed by atoms with Gasteiger partial charge in [0.25, 0.3) is 0 Å². The van der Waals surface area contributed by atoms with E-state index in [1.807, 2.05) is 11.8 Å². The lowest BCUT2D eigenvalue weighted by molar-refractivity contribution is 0.0844. The van der Waals surface area contributed by atoms with Crippen LogP contribution in [0.1, 0.15) is 31.2 Å². The summed E-state index contributed by atoms with van der Waals surface area (Å²) in [4.78, 5) is 21.4. The molecule has 11 heteroatoms. The van der Waals surface area contributed by atoms with Crippen molar-refractivity contribution < 1.29 is 4.74 Å². The number of aromatic nitrogens is 4. The van der Waals surface area contributed by atoms with E-state index in [1.54, 1.807) is 11.8 Å². The van der Waals surface area contributed by atoms with E-state index in [1.165, 1.54) is 4.90 Å². The predicted molar refractivity (Wildman–Crippen MR) is 125 cm³/mol. The number of nitrogens with zero attached hydrogens (tertiary/aromatic N) is 5. The Balaban J connectivity index is 0.000000168. The second kappa shape index (κ2) is 10.4. The molecule has 6 nitrogen and oxygen atoms in total. The molecule has 30 heavy (non-hydrogen) atoms. The van der Waals surface area contributed by atoms with Crippen LogP contribution < -0.4 is 4.90 Å². The molecule has 2 aromatic rings. The molecule has 0 spiro atoms. The smallest absolute Gasteiger partial charge is 0.224 e. The molecule has 0 saturated carbocycles. The second-order valence-corrected chi connectivity index (χ2v) is 10.2. The minimum Gasteiger partial charge on any atom is -0.381 e. The van der Waals surface area contributed by atoms with E-state index < -0.39 is 0 Å². The topological polar surface area (TPSA) is 64.0 Å². The summed E-state index contributed by atoms with van der Waals surface area (Å²) in [6, 6.07) is 0.509. The average molecular weight is 507 g/mol. The molecule has 5 heterocycles. The minimum absolute atomic E-state index is 0.247. The van der Waals surface area contributed by atoms with Crippen molar-refractivity contribution in [3.05, 3.63) is 27.1 Å². The number of fused-ring (bicyclic) bond motifs is 2. The number of hydrogen-bond donors (Lipinski definition) is 0. The van der Waals surface area contributed by atoms with Crippen LogP contribution in [0.15, 0.2) is 9.79 Å². The van der Waals surface area contributed by atoms with Gasteiger partial charge in [-0.15, -0.1) is 23.5 Å². The zero-order valence-electron chi connectivity index (χ0n) is 16.5. The summed E-state index contributed by atoms with van der Waals surface area (Å²) >= 11 is 21.1. The molecule has 0 bridgehead atoms. The van der Waals surface area contributed by atoms with Crippen LogP contribution in [-0.4, -0.2) is 57.2 Å². The Hall–Kier alpha value is -0.510. The summed E-state index contributed by atoms with van der Waals surface area (Å²) in [5, 5.41) is 1.11. The molecular formula is C19H22Cl3N5OS2. The van der Waals surface area contributed by atoms with Gasteiger partial charge in [0.15, 0.2) is 0 Å². The molecule has 1 fully saturated rings. The van der Waals surface area contributed by atoms with Gasteiger partial charge in [0.2, 0.25) is 10.6 Å². The van der Waals surface area contributed by atoms with E-state index in [2.05, 4.69) is 31.8 Å². The number of rotatable bonds is 3. The number of thioether (sulfide) groups is 2. The molecule has 3 aliphatic rings. The highest BCUT2D eigenvalue weighted by atomic mass is 35.5. The maximum atomic E-state index is 6.09. The number of anilines is 1. The highest BCUT2D eigenvalue weighted by molar-refractivity contribution is 8.00. The molecule has 0 unspecified atom stereocenters. The van der Waals surface area contributed by atoms with Crippen LogP contribution in [0.25, 0.3) is 0 Å². The first-order valence-electron chi connectivity index (χ1n) is 9.95. The summed E-state index contributed by atoms with van der Waals surface area (Å²) in [6.45, 7) is 4.81. The van der Waals surface area contributed by atoms with Gasteiger partial charge < -0.3 is 9.64 Å². The summed E-state index contributed by atoms with van der Waals surface area (Å²) in [5.41, 5.74) is 2.10. The van der Waals surface area contributed by atoms with Crippen LogP contribution in [0.4, 0.5) is 5.82 Å². The molecule has 5 rings (SSSR count). The lowest BCUT2D eigenvalue weighted by atomic mass is 10.1. The zero-order chi connectivity index (χ0) is 21.1. The van der Waals surface area contributed by atoms with Gasteiger partial charge in [-0.2, -0.15) is 4.98 Å². The molecule has 0 atom stereocenters. The van der Waals surface area contributed by atoms with E-state index in [0.29, 0.717) is 16.5 Å². The van der Waals surface area contributed by atoms with Gasteiger partial charge in [-0.25, -0.2) is 15.0 Å². The first-order chi connectivity index (χ1) is 14.6. The van der Waals surface area contributed by atoms with E-state index in [-0.39, 0.29) is 5.28 Å². The van der Waals surface area contributed by atoms with Gasteiger partial charge in [0.05, 0.1) is 21.2 Å². The van der Waals surface area contributed by atoms with Crippen molar-refractivity contribution in [2.45, 2.75) is 48.4 Å². The molecule has 3 aliphatic heterocycles. The van der Waals surface area contributed by atoms with E-state index in [0.717, 1.165) is 79.0 Å². The lowest BCUT2D eigenvalue weighted by Crippen LogP contribution is -2.40. The van der Waals surface area contributed by atoms with Gasteiger partial charge in [0, 0.05) is 50.1 Å². The highest BCUT2D eigenvalue weighted by Gasteiger charge is 2.28. The third-order valence-electron chi connectivity index (χ3n) is 5.17. The second-order valence-electron chi connectivity index (χ2n) is 6.98. The van der Waals surface area contributed by atoms with E-state index in [4.69, 9.17) is 39.5 Å². The lowest BCUT2D eigenvalue weighted by Gasteiger charge is -2.35. The van der Waals surface area contributed by atoms with Crippen molar-refractivity contribution in [1.82, 2.24) is 19.9 Å². The predicted octanol–water partition coefficient (Wildman–Crippen LogP) is 5.22. The van der Waals surface area contributed by atoms with Crippen LogP contribution >= 0.6 is 58.3 Å². The van der Waals surface area contributed by atoms with Gasteiger partial charge in [-0.05, 0) is 43.0 Å². The summed E-state index contributed by atoms with van der Waals surface area (Å²) < 4.78 is 5.46. The zero-order valence-corrected chi connectivity index (χ0v) is 20.4. The monoisotopic (exact) mass is 505 g/mol. The average Bonchev–Trinajstić information content (AvgIpc) is 3.39.